The maximum atomic E-state index is 12.6. The highest BCUT2D eigenvalue weighted by Gasteiger charge is 2.33. The van der Waals surface area contributed by atoms with Gasteiger partial charge in [-0.15, -0.1) is 0 Å². The number of rotatable bonds is 7. The van der Waals surface area contributed by atoms with Crippen molar-refractivity contribution in [2.75, 3.05) is 19.7 Å². The van der Waals surface area contributed by atoms with Gasteiger partial charge in [0.1, 0.15) is 5.75 Å². The summed E-state index contributed by atoms with van der Waals surface area (Å²) in [7, 11) is 0. The molecule has 19 heavy (non-hydrogen) atoms. The van der Waals surface area contributed by atoms with Gasteiger partial charge in [0.05, 0.1) is 12.1 Å². The average Bonchev–Trinajstić information content (AvgIpc) is 2.40. The lowest BCUT2D eigenvalue weighted by Crippen LogP contribution is -2.49. The van der Waals surface area contributed by atoms with Gasteiger partial charge in [0.25, 0.3) is 0 Å². The van der Waals surface area contributed by atoms with Crippen molar-refractivity contribution in [1.82, 2.24) is 4.90 Å². The minimum absolute atomic E-state index is 0.152. The van der Waals surface area contributed by atoms with Crippen molar-refractivity contribution in [3.8, 4) is 5.75 Å². The SMILES string of the molecule is CCOc1ccc(C(=O)C(C)(C)N(CC)CC)cc1. The Kier molecular flexibility index (Phi) is 5.55. The Balaban J connectivity index is 2.92. The molecule has 0 aliphatic heterocycles. The quantitative estimate of drug-likeness (QED) is 0.706. The van der Waals surface area contributed by atoms with E-state index in [4.69, 9.17) is 4.74 Å². The fourth-order valence-corrected chi connectivity index (χ4v) is 2.38. The highest BCUT2D eigenvalue weighted by molar-refractivity contribution is 6.02. The zero-order chi connectivity index (χ0) is 14.5. The van der Waals surface area contributed by atoms with E-state index >= 15 is 0 Å². The Morgan fingerprint density at radius 2 is 1.63 bits per heavy atom. The van der Waals surface area contributed by atoms with Gasteiger partial charge in [0.2, 0.25) is 0 Å². The number of carbonyl (C=O) groups is 1. The van der Waals surface area contributed by atoms with E-state index in [1.165, 1.54) is 0 Å². The Hall–Kier alpha value is -1.35. The Labute approximate surface area is 116 Å². The fourth-order valence-electron chi connectivity index (χ4n) is 2.38. The van der Waals surface area contributed by atoms with Crippen molar-refractivity contribution < 1.29 is 9.53 Å². The topological polar surface area (TPSA) is 29.5 Å². The largest absolute Gasteiger partial charge is 0.494 e. The van der Waals surface area contributed by atoms with E-state index in [0.717, 1.165) is 24.4 Å². The Morgan fingerprint density at radius 1 is 1.11 bits per heavy atom. The summed E-state index contributed by atoms with van der Waals surface area (Å²) in [6, 6.07) is 7.40. The zero-order valence-corrected chi connectivity index (χ0v) is 12.7. The van der Waals surface area contributed by atoms with Crippen molar-refractivity contribution in [1.29, 1.82) is 0 Å². The van der Waals surface area contributed by atoms with Crippen LogP contribution in [-0.4, -0.2) is 35.9 Å². The van der Waals surface area contributed by atoms with Crippen LogP contribution in [0, 0.1) is 0 Å². The molecule has 0 saturated carbocycles. The summed E-state index contributed by atoms with van der Waals surface area (Å²) in [5.41, 5.74) is 0.261. The lowest BCUT2D eigenvalue weighted by Gasteiger charge is -2.35. The van der Waals surface area contributed by atoms with Crippen LogP contribution in [0.3, 0.4) is 0 Å². The molecule has 0 spiro atoms. The predicted octanol–water partition coefficient (Wildman–Crippen LogP) is 3.39. The molecule has 0 unspecified atom stereocenters. The fraction of sp³-hybridized carbons (Fsp3) is 0.562. The lowest BCUT2D eigenvalue weighted by molar-refractivity contribution is 0.0669. The minimum atomic E-state index is -0.476. The second-order valence-corrected chi connectivity index (χ2v) is 5.02. The molecule has 1 aromatic carbocycles. The molecule has 1 aromatic rings. The van der Waals surface area contributed by atoms with Crippen molar-refractivity contribution >= 4 is 5.78 Å². The van der Waals surface area contributed by atoms with Gasteiger partial charge in [-0.3, -0.25) is 9.69 Å². The molecule has 3 heteroatoms. The van der Waals surface area contributed by atoms with E-state index in [2.05, 4.69) is 18.7 Å². The smallest absolute Gasteiger partial charge is 0.182 e. The number of ketones is 1. The minimum Gasteiger partial charge on any atom is -0.494 e. The van der Waals surface area contributed by atoms with Gasteiger partial charge in [0, 0.05) is 5.56 Å². The van der Waals surface area contributed by atoms with E-state index < -0.39 is 5.54 Å². The molecule has 0 aliphatic carbocycles. The first-order chi connectivity index (χ1) is 8.97. The van der Waals surface area contributed by atoms with Crippen LogP contribution in [-0.2, 0) is 0 Å². The number of hydrogen-bond acceptors (Lipinski definition) is 3. The third-order valence-electron chi connectivity index (χ3n) is 3.54. The lowest BCUT2D eigenvalue weighted by atomic mass is 9.91. The van der Waals surface area contributed by atoms with Gasteiger partial charge in [-0.2, -0.15) is 0 Å². The number of Topliss-reactive ketones (excluding diaryl/α,β-unsaturated/α-hetero) is 1. The van der Waals surface area contributed by atoms with E-state index in [1.807, 2.05) is 45.0 Å². The molecule has 0 atom stereocenters. The second-order valence-electron chi connectivity index (χ2n) is 5.02. The number of likely N-dealkylation sites (N-methyl/N-ethyl adjacent to an activating group) is 1. The molecule has 1 rings (SSSR count). The number of nitrogens with zero attached hydrogens (tertiary/aromatic N) is 1. The van der Waals surface area contributed by atoms with Gasteiger partial charge in [-0.25, -0.2) is 0 Å². The molecule has 3 nitrogen and oxygen atoms in total. The molecule has 0 saturated heterocycles. The Bertz CT molecular complexity index is 405. The average molecular weight is 263 g/mol. The number of hydrogen-bond donors (Lipinski definition) is 0. The molecule has 0 amide bonds. The summed E-state index contributed by atoms with van der Waals surface area (Å²) in [4.78, 5) is 14.8. The Morgan fingerprint density at radius 3 is 2.05 bits per heavy atom. The molecule has 106 valence electrons. The van der Waals surface area contributed by atoms with E-state index in [1.54, 1.807) is 0 Å². The number of benzene rings is 1. The maximum Gasteiger partial charge on any atom is 0.182 e. The summed E-state index contributed by atoms with van der Waals surface area (Å²) in [6.07, 6.45) is 0. The highest BCUT2D eigenvalue weighted by Crippen LogP contribution is 2.22. The molecule has 0 heterocycles. The van der Waals surface area contributed by atoms with Crippen LogP contribution in [0.25, 0.3) is 0 Å². The number of ether oxygens (including phenoxy) is 1. The summed E-state index contributed by atoms with van der Waals surface area (Å²) >= 11 is 0. The first kappa shape index (κ1) is 15.7. The van der Waals surface area contributed by atoms with Crippen molar-refractivity contribution in [3.63, 3.8) is 0 Å². The van der Waals surface area contributed by atoms with Gasteiger partial charge < -0.3 is 4.74 Å². The van der Waals surface area contributed by atoms with Crippen LogP contribution in [0.15, 0.2) is 24.3 Å². The van der Waals surface area contributed by atoms with E-state index in [-0.39, 0.29) is 5.78 Å². The molecule has 0 bridgehead atoms. The van der Waals surface area contributed by atoms with Gasteiger partial charge >= 0.3 is 0 Å². The third kappa shape index (κ3) is 3.57. The summed E-state index contributed by atoms with van der Waals surface area (Å²) in [5.74, 6) is 0.957. The molecule has 0 aliphatic rings. The monoisotopic (exact) mass is 263 g/mol. The third-order valence-corrected chi connectivity index (χ3v) is 3.54. The van der Waals surface area contributed by atoms with Crippen LogP contribution < -0.4 is 4.74 Å². The normalized spacial score (nSPS) is 11.7. The first-order valence-electron chi connectivity index (χ1n) is 7.00. The summed E-state index contributed by atoms with van der Waals surface area (Å²) in [6.45, 7) is 12.4. The van der Waals surface area contributed by atoms with Crippen LogP contribution in [0.5, 0.6) is 5.75 Å². The highest BCUT2D eigenvalue weighted by atomic mass is 16.5. The predicted molar refractivity (Wildman–Crippen MR) is 78.9 cm³/mol. The van der Waals surface area contributed by atoms with Crippen molar-refractivity contribution in [3.05, 3.63) is 29.8 Å². The van der Waals surface area contributed by atoms with Crippen molar-refractivity contribution in [2.45, 2.75) is 40.2 Å². The standard InChI is InChI=1S/C16H25NO2/c1-6-17(7-2)16(4,5)15(18)13-9-11-14(12-10-13)19-8-3/h9-12H,6-8H2,1-5H3. The molecule has 0 aromatic heterocycles. The summed E-state index contributed by atoms with van der Waals surface area (Å²) < 4.78 is 5.39. The maximum absolute atomic E-state index is 12.6. The van der Waals surface area contributed by atoms with Gasteiger partial charge in [-0.05, 0) is 58.1 Å². The zero-order valence-electron chi connectivity index (χ0n) is 12.7. The van der Waals surface area contributed by atoms with E-state index in [9.17, 15) is 4.79 Å². The van der Waals surface area contributed by atoms with Gasteiger partial charge in [0.15, 0.2) is 5.78 Å². The van der Waals surface area contributed by atoms with Crippen LogP contribution in [0.1, 0.15) is 45.0 Å². The number of carbonyl (C=O) groups excluding carboxylic acids is 1. The first-order valence-corrected chi connectivity index (χ1v) is 7.00. The summed E-state index contributed by atoms with van der Waals surface area (Å²) in [5, 5.41) is 0. The van der Waals surface area contributed by atoms with Crippen LogP contribution in [0.2, 0.25) is 0 Å². The molecule has 0 fully saturated rings. The van der Waals surface area contributed by atoms with Crippen LogP contribution in [0.4, 0.5) is 0 Å². The molecular weight excluding hydrogens is 238 g/mol. The molecule has 0 radical (unpaired) electrons. The van der Waals surface area contributed by atoms with Gasteiger partial charge in [-0.1, -0.05) is 13.8 Å². The van der Waals surface area contributed by atoms with Crippen LogP contribution >= 0.6 is 0 Å². The second kappa shape index (κ2) is 6.71. The van der Waals surface area contributed by atoms with Crippen molar-refractivity contribution in [2.24, 2.45) is 0 Å². The molecular formula is C16H25NO2. The van der Waals surface area contributed by atoms with E-state index in [0.29, 0.717) is 6.61 Å². The molecule has 0 N–H and O–H groups in total.